The number of rotatable bonds is 9. The average Bonchev–Trinajstić information content (AvgIpc) is 2.49. The van der Waals surface area contributed by atoms with Gasteiger partial charge in [-0.25, -0.2) is 0 Å². The molecule has 4 heteroatoms. The van der Waals surface area contributed by atoms with Gasteiger partial charge >= 0.3 is 0 Å². The highest BCUT2D eigenvalue weighted by Crippen LogP contribution is 2.04. The van der Waals surface area contributed by atoms with Gasteiger partial charge in [-0.15, -0.1) is 0 Å². The van der Waals surface area contributed by atoms with Gasteiger partial charge in [-0.3, -0.25) is 9.59 Å². The first-order valence-electron chi connectivity index (χ1n) is 7.69. The molecule has 1 N–H and O–H groups in total. The number of nitrogens with zero attached hydrogens (tertiary/aromatic N) is 1. The Bertz CT molecular complexity index is 432. The van der Waals surface area contributed by atoms with E-state index in [9.17, 15) is 9.59 Å². The summed E-state index contributed by atoms with van der Waals surface area (Å²) in [5.41, 5.74) is 1.28. The summed E-state index contributed by atoms with van der Waals surface area (Å²) in [6.07, 6.45) is 3.18. The molecule has 116 valence electrons. The Morgan fingerprint density at radius 2 is 1.86 bits per heavy atom. The monoisotopic (exact) mass is 290 g/mol. The van der Waals surface area contributed by atoms with Crippen LogP contribution in [0.5, 0.6) is 0 Å². The molecule has 0 spiro atoms. The largest absolute Gasteiger partial charge is 0.356 e. The van der Waals surface area contributed by atoms with Gasteiger partial charge in [-0.2, -0.15) is 0 Å². The maximum absolute atomic E-state index is 11.6. The van der Waals surface area contributed by atoms with Gasteiger partial charge in [0.1, 0.15) is 0 Å². The molecule has 0 bridgehead atoms. The van der Waals surface area contributed by atoms with Crippen LogP contribution in [0.25, 0.3) is 0 Å². The topological polar surface area (TPSA) is 49.4 Å². The van der Waals surface area contributed by atoms with Gasteiger partial charge in [0.05, 0.1) is 0 Å². The Morgan fingerprint density at radius 1 is 1.14 bits per heavy atom. The number of carbonyl (C=O) groups is 2. The Morgan fingerprint density at radius 3 is 2.48 bits per heavy atom. The highest BCUT2D eigenvalue weighted by Gasteiger charge is 2.10. The lowest BCUT2D eigenvalue weighted by Crippen LogP contribution is -2.34. The second-order valence-corrected chi connectivity index (χ2v) is 5.20. The molecule has 4 nitrogen and oxygen atoms in total. The van der Waals surface area contributed by atoms with Crippen molar-refractivity contribution >= 4 is 11.8 Å². The molecule has 0 aromatic heterocycles. The summed E-state index contributed by atoms with van der Waals surface area (Å²) in [6.45, 7) is 5.48. The summed E-state index contributed by atoms with van der Waals surface area (Å²) in [5.74, 6) is 0.0533. The molecule has 2 amide bonds. The van der Waals surface area contributed by atoms with Crippen LogP contribution in [0.15, 0.2) is 30.3 Å². The number of hydrogen-bond donors (Lipinski definition) is 1. The fourth-order valence-electron chi connectivity index (χ4n) is 2.13. The normalized spacial score (nSPS) is 10.2. The van der Waals surface area contributed by atoms with Crippen molar-refractivity contribution in [1.82, 2.24) is 10.2 Å². The van der Waals surface area contributed by atoms with Crippen LogP contribution >= 0.6 is 0 Å². The van der Waals surface area contributed by atoms with E-state index in [1.165, 1.54) is 5.56 Å². The third kappa shape index (κ3) is 7.49. The molecule has 1 rings (SSSR count). The number of carbonyl (C=O) groups excluding carboxylic acids is 2. The Balaban J connectivity index is 2.30. The number of aryl methyl sites for hydroxylation is 1. The molecule has 1 aromatic carbocycles. The third-order valence-electron chi connectivity index (χ3n) is 3.36. The molecule has 0 aliphatic rings. The van der Waals surface area contributed by atoms with Crippen LogP contribution in [-0.2, 0) is 16.0 Å². The Labute approximate surface area is 127 Å². The molecule has 0 fully saturated rings. The van der Waals surface area contributed by atoms with Gasteiger partial charge in [0, 0.05) is 33.0 Å². The summed E-state index contributed by atoms with van der Waals surface area (Å²) < 4.78 is 0. The van der Waals surface area contributed by atoms with Crippen LogP contribution in [0.3, 0.4) is 0 Å². The van der Waals surface area contributed by atoms with Crippen molar-refractivity contribution in [2.75, 3.05) is 19.6 Å². The van der Waals surface area contributed by atoms with E-state index in [4.69, 9.17) is 0 Å². The van der Waals surface area contributed by atoms with E-state index in [-0.39, 0.29) is 11.8 Å². The van der Waals surface area contributed by atoms with Crippen molar-refractivity contribution < 1.29 is 9.59 Å². The van der Waals surface area contributed by atoms with Gasteiger partial charge < -0.3 is 10.2 Å². The van der Waals surface area contributed by atoms with Crippen LogP contribution in [0.1, 0.15) is 38.7 Å². The molecule has 0 saturated carbocycles. The summed E-state index contributed by atoms with van der Waals surface area (Å²) in [6, 6.07) is 10.2. The maximum atomic E-state index is 11.6. The van der Waals surface area contributed by atoms with Crippen LogP contribution in [0.2, 0.25) is 0 Å². The van der Waals surface area contributed by atoms with E-state index in [2.05, 4.69) is 17.4 Å². The predicted molar refractivity (Wildman–Crippen MR) is 84.9 cm³/mol. The van der Waals surface area contributed by atoms with Gasteiger partial charge in [0.25, 0.3) is 0 Å². The van der Waals surface area contributed by atoms with Gasteiger partial charge in [0.15, 0.2) is 0 Å². The molecule has 1 aromatic rings. The average molecular weight is 290 g/mol. The van der Waals surface area contributed by atoms with Crippen LogP contribution in [0.4, 0.5) is 0 Å². The fraction of sp³-hybridized carbons (Fsp3) is 0.529. The standard InChI is InChI=1S/C17H26N2O2/c1-3-12-18-17(21)11-14-19(15(2)20)13-7-10-16-8-5-4-6-9-16/h4-6,8-9H,3,7,10-14H2,1-2H3,(H,18,21). The van der Waals surface area contributed by atoms with Crippen molar-refractivity contribution in [1.29, 1.82) is 0 Å². The first-order valence-corrected chi connectivity index (χ1v) is 7.69. The molecular weight excluding hydrogens is 264 g/mol. The molecule has 0 aliphatic carbocycles. The molecule has 0 heterocycles. The maximum Gasteiger partial charge on any atom is 0.221 e. The predicted octanol–water partition coefficient (Wildman–Crippen LogP) is 2.38. The summed E-state index contributed by atoms with van der Waals surface area (Å²) in [7, 11) is 0. The molecule has 0 saturated heterocycles. The number of amides is 2. The lowest BCUT2D eigenvalue weighted by atomic mass is 10.1. The van der Waals surface area contributed by atoms with E-state index in [1.54, 1.807) is 11.8 Å². The van der Waals surface area contributed by atoms with Gasteiger partial charge in [0.2, 0.25) is 11.8 Å². The van der Waals surface area contributed by atoms with Crippen LogP contribution < -0.4 is 5.32 Å². The zero-order valence-electron chi connectivity index (χ0n) is 13.1. The lowest BCUT2D eigenvalue weighted by molar-refractivity contribution is -0.129. The summed E-state index contributed by atoms with van der Waals surface area (Å²) in [5, 5.41) is 2.83. The first-order chi connectivity index (χ1) is 10.1. The summed E-state index contributed by atoms with van der Waals surface area (Å²) in [4.78, 5) is 24.9. The van der Waals surface area contributed by atoms with Crippen LogP contribution in [0, 0.1) is 0 Å². The van der Waals surface area contributed by atoms with Gasteiger partial charge in [-0.05, 0) is 24.8 Å². The lowest BCUT2D eigenvalue weighted by Gasteiger charge is -2.20. The van der Waals surface area contributed by atoms with Crippen molar-refractivity contribution in [2.24, 2.45) is 0 Å². The van der Waals surface area contributed by atoms with Gasteiger partial charge in [-0.1, -0.05) is 37.3 Å². The summed E-state index contributed by atoms with van der Waals surface area (Å²) >= 11 is 0. The number of hydrogen-bond acceptors (Lipinski definition) is 2. The minimum Gasteiger partial charge on any atom is -0.356 e. The van der Waals surface area contributed by atoms with E-state index >= 15 is 0 Å². The molecule has 21 heavy (non-hydrogen) atoms. The van der Waals surface area contributed by atoms with E-state index in [0.717, 1.165) is 19.3 Å². The second kappa shape index (κ2) is 9.97. The quantitative estimate of drug-likeness (QED) is 0.759. The van der Waals surface area contributed by atoms with Crippen LogP contribution in [-0.4, -0.2) is 36.3 Å². The van der Waals surface area contributed by atoms with Crippen molar-refractivity contribution in [2.45, 2.75) is 39.5 Å². The third-order valence-corrected chi connectivity index (χ3v) is 3.36. The Kier molecular flexibility index (Phi) is 8.17. The molecule has 0 unspecified atom stereocenters. The zero-order chi connectivity index (χ0) is 15.5. The fourth-order valence-corrected chi connectivity index (χ4v) is 2.13. The number of nitrogens with one attached hydrogen (secondary N) is 1. The van der Waals surface area contributed by atoms with E-state index in [0.29, 0.717) is 26.1 Å². The molecule has 0 aliphatic heterocycles. The highest BCUT2D eigenvalue weighted by molar-refractivity contribution is 5.77. The first kappa shape index (κ1) is 17.2. The SMILES string of the molecule is CCCNC(=O)CCN(CCCc1ccccc1)C(C)=O. The second-order valence-electron chi connectivity index (χ2n) is 5.20. The van der Waals surface area contributed by atoms with E-state index < -0.39 is 0 Å². The van der Waals surface area contributed by atoms with E-state index in [1.807, 2.05) is 25.1 Å². The zero-order valence-corrected chi connectivity index (χ0v) is 13.1. The highest BCUT2D eigenvalue weighted by atomic mass is 16.2. The molecular formula is C17H26N2O2. The van der Waals surface area contributed by atoms with Crippen molar-refractivity contribution in [3.8, 4) is 0 Å². The smallest absolute Gasteiger partial charge is 0.221 e. The number of benzene rings is 1. The molecule has 0 radical (unpaired) electrons. The molecule has 0 atom stereocenters. The minimum absolute atomic E-state index is 0.0196. The Hall–Kier alpha value is -1.84. The van der Waals surface area contributed by atoms with Crippen molar-refractivity contribution in [3.63, 3.8) is 0 Å². The van der Waals surface area contributed by atoms with Crippen molar-refractivity contribution in [3.05, 3.63) is 35.9 Å². The minimum atomic E-state index is 0.0196.